The van der Waals surface area contributed by atoms with Gasteiger partial charge in [-0.3, -0.25) is 4.79 Å². The van der Waals surface area contributed by atoms with Crippen LogP contribution in [0.3, 0.4) is 0 Å². The first kappa shape index (κ1) is 23.1. The SMILES string of the molecule is CC/C(=C(/c1ccc(/C=C/C(C)=O)cc1)c1[nH]c2ccccc2c1C1CN1)c1cc(Cl)sc1Cl. The molecule has 1 fully saturated rings. The van der Waals surface area contributed by atoms with Gasteiger partial charge in [0.05, 0.1) is 10.0 Å². The number of H-pyrrole nitrogens is 1. The predicted octanol–water partition coefficient (Wildman–Crippen LogP) is 8.15. The summed E-state index contributed by atoms with van der Waals surface area (Å²) in [6.07, 6.45) is 4.22. The van der Waals surface area contributed by atoms with E-state index in [0.717, 1.165) is 52.0 Å². The van der Waals surface area contributed by atoms with Crippen molar-refractivity contribution >= 4 is 68.4 Å². The summed E-state index contributed by atoms with van der Waals surface area (Å²) in [7, 11) is 0. The van der Waals surface area contributed by atoms with Crippen LogP contribution in [0.15, 0.2) is 60.7 Å². The quantitative estimate of drug-likeness (QED) is 0.196. The number of rotatable bonds is 7. The van der Waals surface area contributed by atoms with Crippen LogP contribution in [0.25, 0.3) is 28.1 Å². The van der Waals surface area contributed by atoms with Crippen molar-refractivity contribution in [3.05, 3.63) is 97.3 Å². The number of ketones is 1. The molecule has 1 aliphatic rings. The maximum atomic E-state index is 11.4. The highest BCUT2D eigenvalue weighted by Gasteiger charge is 2.31. The molecule has 1 atom stereocenters. The molecule has 1 unspecified atom stereocenters. The molecule has 4 aromatic rings. The minimum absolute atomic E-state index is 0.0292. The summed E-state index contributed by atoms with van der Waals surface area (Å²) < 4.78 is 1.37. The molecule has 1 aliphatic heterocycles. The van der Waals surface area contributed by atoms with Crippen molar-refractivity contribution in [2.45, 2.75) is 26.3 Å². The fraction of sp³-hybridized carbons (Fsp3) is 0.179. The van der Waals surface area contributed by atoms with Gasteiger partial charge in [0.25, 0.3) is 0 Å². The number of halogens is 2. The van der Waals surface area contributed by atoms with Gasteiger partial charge in [0, 0.05) is 40.2 Å². The molecular weight excluding hydrogens is 483 g/mol. The molecule has 0 spiro atoms. The van der Waals surface area contributed by atoms with Crippen LogP contribution in [0.4, 0.5) is 0 Å². The van der Waals surface area contributed by atoms with E-state index in [1.54, 1.807) is 13.0 Å². The molecule has 2 aromatic carbocycles. The van der Waals surface area contributed by atoms with Gasteiger partial charge in [0.1, 0.15) is 4.34 Å². The fourth-order valence-corrected chi connectivity index (χ4v) is 5.99. The lowest BCUT2D eigenvalue weighted by Crippen LogP contribution is -1.99. The van der Waals surface area contributed by atoms with E-state index >= 15 is 0 Å². The Morgan fingerprint density at radius 3 is 2.50 bits per heavy atom. The van der Waals surface area contributed by atoms with Gasteiger partial charge < -0.3 is 10.3 Å². The number of carbonyl (C=O) groups is 1. The highest BCUT2D eigenvalue weighted by molar-refractivity contribution is 7.20. The molecule has 2 aromatic heterocycles. The highest BCUT2D eigenvalue weighted by atomic mass is 35.5. The van der Waals surface area contributed by atoms with Crippen LogP contribution in [0.5, 0.6) is 0 Å². The lowest BCUT2D eigenvalue weighted by molar-refractivity contribution is -0.112. The Hall–Kier alpha value is -2.63. The average Bonchev–Trinajstić information content (AvgIpc) is 3.51. The minimum Gasteiger partial charge on any atom is -0.354 e. The van der Waals surface area contributed by atoms with Gasteiger partial charge in [0.2, 0.25) is 0 Å². The van der Waals surface area contributed by atoms with Gasteiger partial charge in [-0.25, -0.2) is 0 Å². The number of para-hydroxylation sites is 1. The third-order valence-corrected chi connectivity index (χ3v) is 7.59. The Bertz CT molecular complexity index is 1440. The van der Waals surface area contributed by atoms with Gasteiger partial charge >= 0.3 is 0 Å². The second-order valence-corrected chi connectivity index (χ2v) is 10.7. The summed E-state index contributed by atoms with van der Waals surface area (Å²) in [6, 6.07) is 19.0. The first-order valence-electron chi connectivity index (χ1n) is 11.3. The molecule has 0 bridgehead atoms. The highest BCUT2D eigenvalue weighted by Crippen LogP contribution is 2.45. The molecule has 2 N–H and O–H groups in total. The molecule has 0 amide bonds. The normalized spacial score (nSPS) is 16.3. The summed E-state index contributed by atoms with van der Waals surface area (Å²) in [5, 5.41) is 4.73. The Balaban J connectivity index is 1.77. The molecule has 0 aliphatic carbocycles. The van der Waals surface area contributed by atoms with E-state index in [0.29, 0.717) is 14.7 Å². The molecule has 0 radical (unpaired) electrons. The van der Waals surface area contributed by atoms with Crippen LogP contribution >= 0.6 is 34.5 Å². The Kier molecular flexibility index (Phi) is 6.50. The Morgan fingerprint density at radius 1 is 1.15 bits per heavy atom. The number of fused-ring (bicyclic) bond motifs is 1. The van der Waals surface area contributed by atoms with Crippen LogP contribution in [-0.2, 0) is 4.79 Å². The lowest BCUT2D eigenvalue weighted by atomic mass is 9.89. The van der Waals surface area contributed by atoms with Crippen molar-refractivity contribution in [1.29, 1.82) is 0 Å². The number of hydrogen-bond acceptors (Lipinski definition) is 3. The first-order chi connectivity index (χ1) is 16.5. The van der Waals surface area contributed by atoms with Gasteiger partial charge in [0.15, 0.2) is 5.78 Å². The third-order valence-electron chi connectivity index (χ3n) is 6.10. The van der Waals surface area contributed by atoms with Crippen molar-refractivity contribution in [2.75, 3.05) is 6.54 Å². The molecule has 34 heavy (non-hydrogen) atoms. The number of aromatic amines is 1. The zero-order chi connectivity index (χ0) is 23.8. The van der Waals surface area contributed by atoms with Gasteiger partial charge in [-0.05, 0) is 48.3 Å². The van der Waals surface area contributed by atoms with E-state index in [1.807, 2.05) is 24.3 Å². The average molecular weight is 507 g/mol. The van der Waals surface area contributed by atoms with Crippen LogP contribution < -0.4 is 5.32 Å². The summed E-state index contributed by atoms with van der Waals surface area (Å²) >= 11 is 14.4. The summed E-state index contributed by atoms with van der Waals surface area (Å²) in [4.78, 5) is 15.1. The van der Waals surface area contributed by atoms with Gasteiger partial charge in [-0.15, -0.1) is 11.3 Å². The van der Waals surface area contributed by atoms with E-state index < -0.39 is 0 Å². The minimum atomic E-state index is 0.0292. The van der Waals surface area contributed by atoms with E-state index in [9.17, 15) is 4.79 Å². The third kappa shape index (κ3) is 4.51. The number of nitrogens with one attached hydrogen (secondary N) is 2. The molecule has 5 rings (SSSR count). The molecule has 172 valence electrons. The van der Waals surface area contributed by atoms with E-state index in [2.05, 4.69) is 53.6 Å². The lowest BCUT2D eigenvalue weighted by Gasteiger charge is -2.16. The largest absolute Gasteiger partial charge is 0.354 e. The van der Waals surface area contributed by atoms with Gasteiger partial charge in [-0.1, -0.05) is 78.7 Å². The molecule has 1 saturated heterocycles. The van der Waals surface area contributed by atoms with Crippen molar-refractivity contribution in [3.63, 3.8) is 0 Å². The molecule has 6 heteroatoms. The number of hydrogen-bond donors (Lipinski definition) is 2. The second-order valence-electron chi connectivity index (χ2n) is 8.43. The topological polar surface area (TPSA) is 54.8 Å². The van der Waals surface area contributed by atoms with E-state index in [4.69, 9.17) is 23.2 Å². The van der Waals surface area contributed by atoms with Gasteiger partial charge in [-0.2, -0.15) is 0 Å². The summed E-state index contributed by atoms with van der Waals surface area (Å²) in [6.45, 7) is 4.67. The number of thiophene rings is 1. The Labute approximate surface area is 213 Å². The smallest absolute Gasteiger partial charge is 0.152 e. The summed E-state index contributed by atoms with van der Waals surface area (Å²) in [5.41, 5.74) is 8.83. The molecule has 3 heterocycles. The molecular formula is C28H24Cl2N2OS. The van der Waals surface area contributed by atoms with Crippen LogP contribution in [0, 0.1) is 0 Å². The number of carbonyl (C=O) groups excluding carboxylic acids is 1. The number of aromatic nitrogens is 1. The molecule has 3 nitrogen and oxygen atoms in total. The zero-order valence-corrected chi connectivity index (χ0v) is 21.2. The maximum absolute atomic E-state index is 11.4. The second kappa shape index (κ2) is 9.55. The van der Waals surface area contributed by atoms with Crippen molar-refractivity contribution < 1.29 is 4.79 Å². The monoisotopic (exact) mass is 506 g/mol. The number of allylic oxidation sites excluding steroid dienone is 2. The predicted molar refractivity (Wildman–Crippen MR) is 146 cm³/mol. The molecule has 0 saturated carbocycles. The van der Waals surface area contributed by atoms with Crippen molar-refractivity contribution in [2.24, 2.45) is 0 Å². The van der Waals surface area contributed by atoms with Crippen LogP contribution in [-0.4, -0.2) is 17.3 Å². The van der Waals surface area contributed by atoms with Crippen molar-refractivity contribution in [3.8, 4) is 0 Å². The fourth-order valence-electron chi connectivity index (χ4n) is 4.48. The summed E-state index contributed by atoms with van der Waals surface area (Å²) in [5.74, 6) is 0.0292. The van der Waals surface area contributed by atoms with E-state index in [-0.39, 0.29) is 5.78 Å². The first-order valence-corrected chi connectivity index (χ1v) is 12.8. The van der Waals surface area contributed by atoms with Crippen LogP contribution in [0.2, 0.25) is 8.67 Å². The Morgan fingerprint density at radius 2 is 1.88 bits per heavy atom. The zero-order valence-electron chi connectivity index (χ0n) is 18.9. The number of benzene rings is 2. The van der Waals surface area contributed by atoms with Crippen LogP contribution in [0.1, 0.15) is 54.3 Å². The standard InChI is InChI=1S/C28H24Cl2N2OS/c1-3-19(21-14-24(29)34-28(21)30)25(18-12-10-17(11-13-18)9-8-16(2)33)27-26(23-15-31-23)20-6-4-5-7-22(20)32-27/h4-14,23,31-32H,3,15H2,1-2H3/b9-8+,25-19+. The maximum Gasteiger partial charge on any atom is 0.152 e. The van der Waals surface area contributed by atoms with Crippen molar-refractivity contribution in [1.82, 2.24) is 10.3 Å². The van der Waals surface area contributed by atoms with E-state index in [1.165, 1.54) is 22.3 Å².